The third-order valence-corrected chi connectivity index (χ3v) is 8.94. The molecule has 0 unspecified atom stereocenters. The maximum atomic E-state index is 14.1. The minimum Gasteiger partial charge on any atom is -0.351 e. The molecule has 3 N–H and O–H groups in total. The van der Waals surface area contributed by atoms with Crippen LogP contribution in [-0.4, -0.2) is 65.7 Å². The van der Waals surface area contributed by atoms with Crippen LogP contribution >= 0.6 is 0 Å². The van der Waals surface area contributed by atoms with Crippen LogP contribution in [-0.2, 0) is 32.0 Å². The Labute approximate surface area is 242 Å². The van der Waals surface area contributed by atoms with Crippen LogP contribution < -0.4 is 16.0 Å². The van der Waals surface area contributed by atoms with Gasteiger partial charge in [-0.3, -0.25) is 14.4 Å². The van der Waals surface area contributed by atoms with Gasteiger partial charge in [0.2, 0.25) is 17.7 Å². The molecule has 3 aliphatic rings. The van der Waals surface area contributed by atoms with Crippen LogP contribution in [0.25, 0.3) is 0 Å². The minimum atomic E-state index is -0.794. The normalized spacial score (nSPS) is 25.1. The molecule has 6 atom stereocenters. The molecule has 0 bridgehead atoms. The molecule has 0 spiro atoms. The largest absolute Gasteiger partial charge is 0.351 e. The van der Waals surface area contributed by atoms with Gasteiger partial charge in [0.1, 0.15) is 12.3 Å². The second-order valence-electron chi connectivity index (χ2n) is 11.9. The van der Waals surface area contributed by atoms with Gasteiger partial charge in [-0.25, -0.2) is 0 Å². The highest BCUT2D eigenvalue weighted by atomic mass is 16.2. The molecule has 8 nitrogen and oxygen atoms in total. The number of benzene rings is 2. The third kappa shape index (κ3) is 7.41. The summed E-state index contributed by atoms with van der Waals surface area (Å²) in [7, 11) is 0. The Kier molecular flexibility index (Phi) is 9.83. The highest BCUT2D eigenvalue weighted by Crippen LogP contribution is 2.39. The Morgan fingerprint density at radius 1 is 0.878 bits per heavy atom. The van der Waals surface area contributed by atoms with Gasteiger partial charge in [-0.2, -0.15) is 0 Å². The van der Waals surface area contributed by atoms with Crippen molar-refractivity contribution in [1.29, 1.82) is 0 Å². The van der Waals surface area contributed by atoms with E-state index in [1.54, 1.807) is 4.90 Å². The molecule has 8 heteroatoms. The smallest absolute Gasteiger partial charge is 0.246 e. The first-order valence-electron chi connectivity index (χ1n) is 15.2. The average Bonchev–Trinajstić information content (AvgIpc) is 3.66. The zero-order valence-corrected chi connectivity index (χ0v) is 23.7. The van der Waals surface area contributed by atoms with Crippen LogP contribution in [0.3, 0.4) is 0 Å². The van der Waals surface area contributed by atoms with Gasteiger partial charge in [0, 0.05) is 24.9 Å². The van der Waals surface area contributed by atoms with Crippen LogP contribution in [0.4, 0.5) is 0 Å². The molecular formula is C33H42N4O4. The summed E-state index contributed by atoms with van der Waals surface area (Å²) in [5, 5.41) is 9.35. The topological polar surface area (TPSA) is 108 Å². The van der Waals surface area contributed by atoms with Crippen molar-refractivity contribution in [3.05, 3.63) is 71.8 Å². The molecule has 2 aromatic rings. The second kappa shape index (κ2) is 13.9. The van der Waals surface area contributed by atoms with Gasteiger partial charge in [0.05, 0.1) is 12.1 Å². The van der Waals surface area contributed by atoms with Crippen LogP contribution in [0, 0.1) is 5.92 Å². The fraction of sp³-hybridized carbons (Fsp3) is 0.515. The molecule has 0 radical (unpaired) electrons. The summed E-state index contributed by atoms with van der Waals surface area (Å²) in [6.45, 7) is 0.811. The van der Waals surface area contributed by atoms with Gasteiger partial charge in [0.25, 0.3) is 0 Å². The highest BCUT2D eigenvalue weighted by Gasteiger charge is 2.46. The number of amides is 3. The van der Waals surface area contributed by atoms with E-state index < -0.39 is 18.1 Å². The Morgan fingerprint density at radius 2 is 1.56 bits per heavy atom. The average molecular weight is 559 g/mol. The van der Waals surface area contributed by atoms with Crippen molar-refractivity contribution in [2.75, 3.05) is 6.54 Å². The molecular weight excluding hydrogens is 516 g/mol. The van der Waals surface area contributed by atoms with Crippen LogP contribution in [0.5, 0.6) is 0 Å². The third-order valence-electron chi connectivity index (χ3n) is 8.94. The molecule has 1 saturated carbocycles. The lowest BCUT2D eigenvalue weighted by atomic mass is 9.84. The second-order valence-corrected chi connectivity index (χ2v) is 11.9. The standard InChI is InChI=1S/C33H42N4O4/c38-22-27-20-25-14-7-8-16-30(25)37(27)33(41)29(19-24-12-5-2-6-13-24)36-31(39)21-26(18-23-10-3-1-4-11-23)35-32(40)28-15-9-17-34-28/h1-6,10-13,22,25-30,34H,7-9,14-21H2,(H,35,40)(H,36,39)/t25-,26-,27-,28-,29-,30-/m0/s1. The highest BCUT2D eigenvalue weighted by molar-refractivity contribution is 5.90. The van der Waals surface area contributed by atoms with Crippen molar-refractivity contribution in [2.45, 2.75) is 94.4 Å². The molecule has 2 aromatic carbocycles. The zero-order chi connectivity index (χ0) is 28.6. The minimum absolute atomic E-state index is 0.0469. The van der Waals surface area contributed by atoms with Crippen LogP contribution in [0.1, 0.15) is 62.5 Å². The number of aldehydes is 1. The van der Waals surface area contributed by atoms with Crippen molar-refractivity contribution in [1.82, 2.24) is 20.9 Å². The number of rotatable bonds is 11. The predicted molar refractivity (Wildman–Crippen MR) is 157 cm³/mol. The predicted octanol–water partition coefficient (Wildman–Crippen LogP) is 2.94. The molecule has 2 saturated heterocycles. The number of hydrogen-bond donors (Lipinski definition) is 3. The van der Waals surface area contributed by atoms with Gasteiger partial charge in [-0.05, 0) is 62.1 Å². The number of hydrogen-bond acceptors (Lipinski definition) is 5. The van der Waals surface area contributed by atoms with Crippen molar-refractivity contribution in [3.63, 3.8) is 0 Å². The monoisotopic (exact) mass is 558 g/mol. The van der Waals surface area contributed by atoms with E-state index in [-0.39, 0.29) is 36.2 Å². The number of carbonyl (C=O) groups is 4. The Hall–Kier alpha value is -3.52. The summed E-state index contributed by atoms with van der Waals surface area (Å²) < 4.78 is 0. The van der Waals surface area contributed by atoms with E-state index in [4.69, 9.17) is 0 Å². The van der Waals surface area contributed by atoms with E-state index in [0.29, 0.717) is 25.2 Å². The quantitative estimate of drug-likeness (QED) is 0.368. The first-order valence-corrected chi connectivity index (χ1v) is 15.2. The summed E-state index contributed by atoms with van der Waals surface area (Å²) in [5.74, 6) is -0.234. The number of nitrogens with one attached hydrogen (secondary N) is 3. The molecule has 3 fully saturated rings. The molecule has 3 amide bonds. The zero-order valence-electron chi connectivity index (χ0n) is 23.7. The number of likely N-dealkylation sites (tertiary alicyclic amines) is 1. The van der Waals surface area contributed by atoms with E-state index in [9.17, 15) is 19.2 Å². The Morgan fingerprint density at radius 3 is 2.22 bits per heavy atom. The van der Waals surface area contributed by atoms with Gasteiger partial charge in [0.15, 0.2) is 0 Å². The van der Waals surface area contributed by atoms with Crippen molar-refractivity contribution >= 4 is 24.0 Å². The first kappa shape index (κ1) is 29.0. The summed E-state index contributed by atoms with van der Waals surface area (Å²) in [4.78, 5) is 54.5. The van der Waals surface area contributed by atoms with Gasteiger partial charge in [-0.1, -0.05) is 73.5 Å². The maximum absolute atomic E-state index is 14.1. The lowest BCUT2D eigenvalue weighted by Gasteiger charge is -2.35. The number of fused-ring (bicyclic) bond motifs is 1. The van der Waals surface area contributed by atoms with Crippen LogP contribution in [0.2, 0.25) is 0 Å². The molecule has 2 heterocycles. The SMILES string of the molecule is O=C[C@@H]1C[C@@H]2CCCC[C@@H]2N1C(=O)[C@H](Cc1ccccc1)NC(=O)C[C@H](Cc1ccccc1)NC(=O)[C@@H]1CCCN1. The van der Waals surface area contributed by atoms with Crippen molar-refractivity contribution < 1.29 is 19.2 Å². The van der Waals surface area contributed by atoms with E-state index in [1.807, 2.05) is 60.7 Å². The summed E-state index contributed by atoms with van der Waals surface area (Å²) in [5.41, 5.74) is 1.96. The summed E-state index contributed by atoms with van der Waals surface area (Å²) >= 11 is 0. The molecule has 0 aromatic heterocycles. The first-order chi connectivity index (χ1) is 20.0. The molecule has 41 heavy (non-hydrogen) atoms. The molecule has 218 valence electrons. The molecule has 2 aliphatic heterocycles. The Balaban J connectivity index is 1.32. The van der Waals surface area contributed by atoms with Crippen molar-refractivity contribution in [3.8, 4) is 0 Å². The van der Waals surface area contributed by atoms with Crippen LogP contribution in [0.15, 0.2) is 60.7 Å². The summed E-state index contributed by atoms with van der Waals surface area (Å²) in [6.07, 6.45) is 8.33. The number of nitrogens with zero attached hydrogens (tertiary/aromatic N) is 1. The fourth-order valence-corrected chi connectivity index (χ4v) is 6.94. The molecule has 5 rings (SSSR count). The molecule has 1 aliphatic carbocycles. The van der Waals surface area contributed by atoms with E-state index in [1.165, 1.54) is 0 Å². The van der Waals surface area contributed by atoms with E-state index in [0.717, 1.165) is 62.5 Å². The van der Waals surface area contributed by atoms with E-state index >= 15 is 0 Å². The van der Waals surface area contributed by atoms with Gasteiger partial charge >= 0.3 is 0 Å². The fourth-order valence-electron chi connectivity index (χ4n) is 6.94. The van der Waals surface area contributed by atoms with E-state index in [2.05, 4.69) is 16.0 Å². The van der Waals surface area contributed by atoms with Gasteiger partial charge < -0.3 is 25.6 Å². The lowest BCUT2D eigenvalue weighted by molar-refractivity contribution is -0.141. The Bertz CT molecular complexity index is 1180. The lowest BCUT2D eigenvalue weighted by Crippen LogP contribution is -2.55. The summed E-state index contributed by atoms with van der Waals surface area (Å²) in [6, 6.07) is 17.6. The van der Waals surface area contributed by atoms with Crippen molar-refractivity contribution in [2.24, 2.45) is 5.92 Å². The van der Waals surface area contributed by atoms with Gasteiger partial charge in [-0.15, -0.1) is 0 Å². The number of carbonyl (C=O) groups excluding carboxylic acids is 4. The maximum Gasteiger partial charge on any atom is 0.246 e.